The molecule has 0 N–H and O–H groups in total. The summed E-state index contributed by atoms with van der Waals surface area (Å²) in [6.07, 6.45) is 0.301. The van der Waals surface area contributed by atoms with Gasteiger partial charge >= 0.3 is 0 Å². The van der Waals surface area contributed by atoms with Gasteiger partial charge in [0.2, 0.25) is 0 Å². The highest BCUT2D eigenvalue weighted by molar-refractivity contribution is 6.08. The van der Waals surface area contributed by atoms with Crippen LogP contribution in [0.15, 0.2) is 48.5 Å². The maximum atomic E-state index is 12.9. The summed E-state index contributed by atoms with van der Waals surface area (Å²) in [4.78, 5) is 24.9. The van der Waals surface area contributed by atoms with E-state index in [0.717, 1.165) is 38.6 Å². The highest BCUT2D eigenvalue weighted by Crippen LogP contribution is 2.24. The molecule has 0 spiro atoms. The third-order valence-electron chi connectivity index (χ3n) is 4.62. The lowest BCUT2D eigenvalue weighted by Gasteiger charge is -2.12. The smallest absolute Gasteiger partial charge is 0.167 e. The summed E-state index contributed by atoms with van der Waals surface area (Å²) in [5.41, 5.74) is 5.54. The highest BCUT2D eigenvalue weighted by Gasteiger charge is 2.15. The second-order valence-electron chi connectivity index (χ2n) is 6.79. The first-order chi connectivity index (χ1) is 11.9. The fraction of sp³-hybridized carbons (Fsp3) is 0.217. The largest absolute Gasteiger partial charge is 0.294 e. The van der Waals surface area contributed by atoms with Gasteiger partial charge in [-0.1, -0.05) is 48.0 Å². The van der Waals surface area contributed by atoms with Crippen LogP contribution in [-0.4, -0.2) is 11.6 Å². The predicted octanol–water partition coefficient (Wildman–Crippen LogP) is 5.39. The number of carbonyl (C=O) groups is 2. The van der Waals surface area contributed by atoms with Crippen molar-refractivity contribution in [1.29, 1.82) is 0 Å². The van der Waals surface area contributed by atoms with Gasteiger partial charge in [-0.25, -0.2) is 0 Å². The van der Waals surface area contributed by atoms with Gasteiger partial charge in [0.1, 0.15) is 0 Å². The molecule has 0 aliphatic rings. The molecule has 3 aromatic rings. The maximum absolute atomic E-state index is 12.9. The van der Waals surface area contributed by atoms with Gasteiger partial charge in [0.05, 0.1) is 0 Å². The Hall–Kier alpha value is -2.74. The van der Waals surface area contributed by atoms with Crippen LogP contribution in [0.2, 0.25) is 0 Å². The molecule has 0 amide bonds. The standard InChI is InChI=1S/C23H22O2/c1-14-9-15(2)23(16(3)10-14)22(25)13-18-11-19-7-5-6-8-20(19)21(12-18)17(4)24/h5-12H,13H2,1-4H3. The zero-order valence-electron chi connectivity index (χ0n) is 15.1. The van der Waals surface area contributed by atoms with Crippen molar-refractivity contribution < 1.29 is 9.59 Å². The average molecular weight is 330 g/mol. The first kappa shape index (κ1) is 17.1. The van der Waals surface area contributed by atoms with E-state index in [1.807, 2.05) is 69.3 Å². The van der Waals surface area contributed by atoms with E-state index in [2.05, 4.69) is 0 Å². The van der Waals surface area contributed by atoms with Crippen molar-refractivity contribution in [2.24, 2.45) is 0 Å². The number of fused-ring (bicyclic) bond motifs is 1. The molecule has 2 heteroatoms. The van der Waals surface area contributed by atoms with E-state index in [9.17, 15) is 9.59 Å². The third kappa shape index (κ3) is 3.39. The van der Waals surface area contributed by atoms with Crippen LogP contribution >= 0.6 is 0 Å². The second kappa shape index (κ2) is 6.64. The fourth-order valence-electron chi connectivity index (χ4n) is 3.66. The Morgan fingerprint density at radius 3 is 2.16 bits per heavy atom. The Morgan fingerprint density at radius 2 is 1.52 bits per heavy atom. The topological polar surface area (TPSA) is 34.1 Å². The fourth-order valence-corrected chi connectivity index (χ4v) is 3.66. The molecule has 0 aliphatic carbocycles. The summed E-state index contributed by atoms with van der Waals surface area (Å²) in [5.74, 6) is 0.118. The molecule has 3 aromatic carbocycles. The molecule has 0 radical (unpaired) electrons. The number of Topliss-reactive ketones (excluding diaryl/α,β-unsaturated/α-hetero) is 2. The van der Waals surface area contributed by atoms with Crippen LogP contribution in [0.5, 0.6) is 0 Å². The lowest BCUT2D eigenvalue weighted by Crippen LogP contribution is -2.09. The van der Waals surface area contributed by atoms with Gasteiger partial charge in [0.15, 0.2) is 11.6 Å². The van der Waals surface area contributed by atoms with Crippen LogP contribution < -0.4 is 0 Å². The first-order valence-corrected chi connectivity index (χ1v) is 8.50. The zero-order valence-corrected chi connectivity index (χ0v) is 15.1. The van der Waals surface area contributed by atoms with Gasteiger partial charge in [-0.2, -0.15) is 0 Å². The van der Waals surface area contributed by atoms with Crippen molar-refractivity contribution in [3.8, 4) is 0 Å². The molecule has 0 aromatic heterocycles. The molecule has 0 saturated heterocycles. The molecule has 126 valence electrons. The van der Waals surface area contributed by atoms with Crippen molar-refractivity contribution in [1.82, 2.24) is 0 Å². The summed E-state index contributed by atoms with van der Waals surface area (Å²) in [5, 5.41) is 1.93. The number of rotatable bonds is 4. The van der Waals surface area contributed by atoms with Gasteiger partial charge in [-0.05, 0) is 61.2 Å². The summed E-state index contributed by atoms with van der Waals surface area (Å²) < 4.78 is 0. The van der Waals surface area contributed by atoms with E-state index in [0.29, 0.717) is 12.0 Å². The van der Waals surface area contributed by atoms with E-state index in [-0.39, 0.29) is 11.6 Å². The zero-order chi connectivity index (χ0) is 18.1. The number of benzene rings is 3. The summed E-state index contributed by atoms with van der Waals surface area (Å²) >= 11 is 0. The molecule has 3 rings (SSSR count). The van der Waals surface area contributed by atoms with Crippen LogP contribution in [0, 0.1) is 20.8 Å². The van der Waals surface area contributed by atoms with Crippen LogP contribution in [0.3, 0.4) is 0 Å². The Balaban J connectivity index is 2.04. The molecule has 0 saturated carbocycles. The normalized spacial score (nSPS) is 10.9. The monoisotopic (exact) mass is 330 g/mol. The third-order valence-corrected chi connectivity index (χ3v) is 4.62. The van der Waals surface area contributed by atoms with Gasteiger partial charge in [-0.15, -0.1) is 0 Å². The van der Waals surface area contributed by atoms with Gasteiger partial charge in [0, 0.05) is 17.5 Å². The molecule has 0 heterocycles. The van der Waals surface area contributed by atoms with Crippen molar-refractivity contribution >= 4 is 22.3 Å². The van der Waals surface area contributed by atoms with E-state index >= 15 is 0 Å². The van der Waals surface area contributed by atoms with E-state index in [1.54, 1.807) is 6.92 Å². The minimum atomic E-state index is 0.0215. The maximum Gasteiger partial charge on any atom is 0.167 e. The molecule has 0 unspecified atom stereocenters. The number of hydrogen-bond acceptors (Lipinski definition) is 2. The van der Waals surface area contributed by atoms with Crippen LogP contribution in [0.4, 0.5) is 0 Å². The lowest BCUT2D eigenvalue weighted by atomic mass is 9.91. The first-order valence-electron chi connectivity index (χ1n) is 8.50. The van der Waals surface area contributed by atoms with E-state index < -0.39 is 0 Å². The minimum absolute atomic E-state index is 0.0215. The lowest BCUT2D eigenvalue weighted by molar-refractivity contribution is 0.0987. The number of hydrogen-bond donors (Lipinski definition) is 0. The molecule has 2 nitrogen and oxygen atoms in total. The van der Waals surface area contributed by atoms with Crippen molar-refractivity contribution in [2.75, 3.05) is 0 Å². The molecular weight excluding hydrogens is 308 g/mol. The predicted molar refractivity (Wildman–Crippen MR) is 103 cm³/mol. The Labute approximate surface area is 148 Å². The quantitative estimate of drug-likeness (QED) is 0.601. The summed E-state index contributed by atoms with van der Waals surface area (Å²) in [6, 6.07) is 15.8. The van der Waals surface area contributed by atoms with Gasteiger partial charge in [0.25, 0.3) is 0 Å². The van der Waals surface area contributed by atoms with E-state index in [1.165, 1.54) is 0 Å². The summed E-state index contributed by atoms with van der Waals surface area (Å²) in [6.45, 7) is 7.57. The molecule has 0 bridgehead atoms. The number of carbonyl (C=O) groups excluding carboxylic acids is 2. The van der Waals surface area contributed by atoms with Crippen molar-refractivity contribution in [3.63, 3.8) is 0 Å². The van der Waals surface area contributed by atoms with Gasteiger partial charge in [-0.3, -0.25) is 9.59 Å². The number of aryl methyl sites for hydroxylation is 3. The van der Waals surface area contributed by atoms with Crippen molar-refractivity contribution in [3.05, 3.63) is 81.9 Å². The van der Waals surface area contributed by atoms with Crippen molar-refractivity contribution in [2.45, 2.75) is 34.1 Å². The van der Waals surface area contributed by atoms with Crippen LogP contribution in [-0.2, 0) is 6.42 Å². The highest BCUT2D eigenvalue weighted by atomic mass is 16.1. The Bertz CT molecular complexity index is 973. The Kier molecular flexibility index (Phi) is 4.54. The molecule has 25 heavy (non-hydrogen) atoms. The van der Waals surface area contributed by atoms with E-state index in [4.69, 9.17) is 0 Å². The SMILES string of the molecule is CC(=O)c1cc(CC(=O)c2c(C)cc(C)cc2C)cc2ccccc12. The molecule has 0 fully saturated rings. The molecule has 0 aliphatic heterocycles. The molecular formula is C23H22O2. The molecule has 0 atom stereocenters. The Morgan fingerprint density at radius 1 is 0.880 bits per heavy atom. The number of ketones is 2. The average Bonchev–Trinajstić information content (AvgIpc) is 2.52. The van der Waals surface area contributed by atoms with Gasteiger partial charge < -0.3 is 0 Å². The minimum Gasteiger partial charge on any atom is -0.294 e. The van der Waals surface area contributed by atoms with Crippen LogP contribution in [0.1, 0.15) is 49.9 Å². The summed E-state index contributed by atoms with van der Waals surface area (Å²) in [7, 11) is 0. The van der Waals surface area contributed by atoms with Crippen LogP contribution in [0.25, 0.3) is 10.8 Å². The second-order valence-corrected chi connectivity index (χ2v) is 6.79.